The quantitative estimate of drug-likeness (QED) is 0.344. The summed E-state index contributed by atoms with van der Waals surface area (Å²) in [4.78, 5) is 10.3. The van der Waals surface area contributed by atoms with Crippen molar-refractivity contribution in [2.75, 3.05) is 0 Å². The molecule has 3 aromatic rings. The molecular weight excluding hydrogens is 412 g/mol. The first-order valence-corrected chi connectivity index (χ1v) is 11.9. The first-order valence-electron chi connectivity index (χ1n) is 11.9. The number of aliphatic imine (C=N–C) groups is 2. The van der Waals surface area contributed by atoms with E-state index in [1.807, 2.05) is 0 Å². The summed E-state index contributed by atoms with van der Waals surface area (Å²) in [6.45, 7) is 9.04. The zero-order valence-electron chi connectivity index (χ0n) is 20.1. The molecule has 0 radical (unpaired) electrons. The zero-order chi connectivity index (χ0) is 23.5. The van der Waals surface area contributed by atoms with Crippen LogP contribution in [-0.4, -0.2) is 11.4 Å². The van der Waals surface area contributed by atoms with Gasteiger partial charge in [0.15, 0.2) is 0 Å². The third-order valence-electron chi connectivity index (χ3n) is 7.42. The van der Waals surface area contributed by atoms with Crippen molar-refractivity contribution in [1.29, 1.82) is 0 Å². The third-order valence-corrected chi connectivity index (χ3v) is 7.42. The lowest BCUT2D eigenvalue weighted by atomic mass is 9.76. The van der Waals surface area contributed by atoms with Crippen LogP contribution in [-0.2, 0) is 10.8 Å². The predicted octanol–water partition coefficient (Wildman–Crippen LogP) is 7.61. The Morgan fingerprint density at radius 2 is 1.24 bits per heavy atom. The van der Waals surface area contributed by atoms with Crippen LogP contribution in [0.2, 0.25) is 0 Å². The molecule has 166 valence electrons. The van der Waals surface area contributed by atoms with Crippen molar-refractivity contribution < 1.29 is 0 Å². The van der Waals surface area contributed by atoms with Crippen molar-refractivity contribution in [2.45, 2.75) is 38.5 Å². The van der Waals surface area contributed by atoms with E-state index in [1.54, 1.807) is 0 Å². The van der Waals surface area contributed by atoms with Crippen LogP contribution in [0.4, 0.5) is 0 Å². The highest BCUT2D eigenvalue weighted by atomic mass is 14.8. The molecular formula is C32H28N2. The number of hydrogen-bond donors (Lipinski definition) is 0. The molecule has 2 nitrogen and oxygen atoms in total. The minimum Gasteiger partial charge on any atom is -0.253 e. The molecule has 0 amide bonds. The van der Waals surface area contributed by atoms with Crippen molar-refractivity contribution in [3.63, 3.8) is 0 Å². The molecule has 0 fully saturated rings. The number of nitrogens with zero attached hydrogens (tertiary/aromatic N) is 2. The molecule has 0 aliphatic carbocycles. The van der Waals surface area contributed by atoms with Gasteiger partial charge in [-0.3, -0.25) is 9.98 Å². The highest BCUT2D eigenvalue weighted by molar-refractivity contribution is 6.17. The number of rotatable bonds is 0. The molecule has 3 aliphatic heterocycles. The van der Waals surface area contributed by atoms with Gasteiger partial charge in [0.05, 0.1) is 22.8 Å². The molecule has 0 aromatic heterocycles. The summed E-state index contributed by atoms with van der Waals surface area (Å²) in [6.07, 6.45) is 8.69. The highest BCUT2D eigenvalue weighted by Gasteiger charge is 2.34. The number of hydrogen-bond acceptors (Lipinski definition) is 2. The fourth-order valence-corrected chi connectivity index (χ4v) is 5.19. The first kappa shape index (κ1) is 20.8. The lowest BCUT2D eigenvalue weighted by molar-refractivity contribution is 0.720. The van der Waals surface area contributed by atoms with Gasteiger partial charge in [-0.05, 0) is 46.6 Å². The van der Waals surface area contributed by atoms with E-state index in [9.17, 15) is 0 Å². The molecule has 34 heavy (non-hydrogen) atoms. The topological polar surface area (TPSA) is 24.7 Å². The summed E-state index contributed by atoms with van der Waals surface area (Å²) >= 11 is 0. The van der Waals surface area contributed by atoms with Crippen LogP contribution in [0.1, 0.15) is 61.1 Å². The fourth-order valence-electron chi connectivity index (χ4n) is 5.19. The van der Waals surface area contributed by atoms with Crippen molar-refractivity contribution in [1.82, 2.24) is 0 Å². The Hall–Kier alpha value is -3.78. The first-order chi connectivity index (χ1) is 16.3. The van der Waals surface area contributed by atoms with Gasteiger partial charge >= 0.3 is 0 Å². The van der Waals surface area contributed by atoms with Crippen LogP contribution in [0.15, 0.2) is 101 Å². The largest absolute Gasteiger partial charge is 0.253 e. The molecule has 0 spiro atoms. The van der Waals surface area contributed by atoms with Crippen LogP contribution < -0.4 is 0 Å². The van der Waals surface area contributed by atoms with Crippen LogP contribution in [0.5, 0.6) is 0 Å². The molecule has 3 aromatic carbocycles. The highest BCUT2D eigenvalue weighted by Crippen LogP contribution is 2.40. The Bertz CT molecular complexity index is 1490. The van der Waals surface area contributed by atoms with E-state index in [4.69, 9.17) is 9.98 Å². The number of fused-ring (bicyclic) bond motifs is 9. The second kappa shape index (κ2) is 7.36. The Balaban J connectivity index is 1.64. The molecule has 2 heteroatoms. The van der Waals surface area contributed by atoms with Crippen LogP contribution >= 0.6 is 0 Å². The molecule has 0 atom stereocenters. The molecule has 0 N–H and O–H groups in total. The smallest absolute Gasteiger partial charge is 0.0718 e. The van der Waals surface area contributed by atoms with E-state index in [1.165, 1.54) is 22.3 Å². The van der Waals surface area contributed by atoms with E-state index >= 15 is 0 Å². The summed E-state index contributed by atoms with van der Waals surface area (Å²) in [7, 11) is 0. The van der Waals surface area contributed by atoms with Crippen molar-refractivity contribution in [3.05, 3.63) is 124 Å². The Morgan fingerprint density at radius 3 is 1.97 bits per heavy atom. The van der Waals surface area contributed by atoms with Crippen LogP contribution in [0, 0.1) is 0 Å². The number of allylic oxidation sites excluding steroid dienone is 2. The minimum absolute atomic E-state index is 0.205. The van der Waals surface area contributed by atoms with Gasteiger partial charge < -0.3 is 0 Å². The van der Waals surface area contributed by atoms with Crippen molar-refractivity contribution in [3.8, 4) is 0 Å². The molecule has 3 aliphatic rings. The maximum absolute atomic E-state index is 5.25. The normalized spacial score (nSPS) is 19.1. The summed E-state index contributed by atoms with van der Waals surface area (Å²) in [6, 6.07) is 26.2. The monoisotopic (exact) mass is 440 g/mol. The Labute approximate surface area is 201 Å². The summed E-state index contributed by atoms with van der Waals surface area (Å²) in [5.41, 5.74) is 11.0. The standard InChI is InChI=1S/C32H28N2/c1-31(2)23-11-8-10-22(18-23)20-28-26-13-5-6-14-27(26)30(34-28)32(3,4)24-12-7-9-21(17-24)19-25-15-16-29(31)33-25/h5-20H,1-4H3. The molecule has 6 rings (SSSR count). The van der Waals surface area contributed by atoms with E-state index in [0.717, 1.165) is 33.9 Å². The van der Waals surface area contributed by atoms with Gasteiger partial charge in [-0.1, -0.05) is 100 Å². The minimum atomic E-state index is -0.249. The fraction of sp³-hybridized carbons (Fsp3) is 0.188. The lowest BCUT2D eigenvalue weighted by Crippen LogP contribution is -2.29. The van der Waals surface area contributed by atoms with Gasteiger partial charge in [-0.25, -0.2) is 0 Å². The summed E-state index contributed by atoms with van der Waals surface area (Å²) < 4.78 is 0. The van der Waals surface area contributed by atoms with Gasteiger partial charge in [-0.15, -0.1) is 0 Å². The molecule has 0 saturated carbocycles. The van der Waals surface area contributed by atoms with Gasteiger partial charge in [0, 0.05) is 22.0 Å². The molecule has 0 unspecified atom stereocenters. The number of benzene rings is 3. The van der Waals surface area contributed by atoms with Gasteiger partial charge in [0.25, 0.3) is 0 Å². The van der Waals surface area contributed by atoms with E-state index in [-0.39, 0.29) is 10.8 Å². The average molecular weight is 441 g/mol. The summed E-state index contributed by atoms with van der Waals surface area (Å²) in [5.74, 6) is 0. The maximum atomic E-state index is 5.25. The SMILES string of the molecule is CC1(C)C2=NC(=Cc3cccc(c3)C(C)(C)C3=NC(=Cc4cccc1c4)c1ccccc13)C=C2. The Kier molecular flexibility index (Phi) is 4.50. The van der Waals surface area contributed by atoms with Gasteiger partial charge in [0.1, 0.15) is 0 Å². The van der Waals surface area contributed by atoms with E-state index < -0.39 is 0 Å². The third kappa shape index (κ3) is 3.25. The molecule has 8 bridgehead atoms. The van der Waals surface area contributed by atoms with Crippen LogP contribution in [0.25, 0.3) is 17.8 Å². The predicted molar refractivity (Wildman–Crippen MR) is 144 cm³/mol. The lowest BCUT2D eigenvalue weighted by Gasteiger charge is -2.26. The average Bonchev–Trinajstić information content (AvgIpc) is 3.45. The van der Waals surface area contributed by atoms with Crippen molar-refractivity contribution >= 4 is 29.3 Å². The van der Waals surface area contributed by atoms with Crippen LogP contribution in [0.3, 0.4) is 0 Å². The zero-order valence-corrected chi connectivity index (χ0v) is 20.1. The van der Waals surface area contributed by atoms with E-state index in [2.05, 4.69) is 125 Å². The van der Waals surface area contributed by atoms with E-state index in [0.29, 0.717) is 0 Å². The van der Waals surface area contributed by atoms with Gasteiger partial charge in [-0.2, -0.15) is 0 Å². The van der Waals surface area contributed by atoms with Crippen molar-refractivity contribution in [2.24, 2.45) is 9.98 Å². The molecule has 0 saturated heterocycles. The van der Waals surface area contributed by atoms with Gasteiger partial charge in [0.2, 0.25) is 0 Å². The molecule has 3 heterocycles. The maximum Gasteiger partial charge on any atom is 0.0718 e. The Morgan fingerprint density at radius 1 is 0.588 bits per heavy atom. The summed E-state index contributed by atoms with van der Waals surface area (Å²) in [5, 5.41) is 0. The second-order valence-electron chi connectivity index (χ2n) is 10.4. The second-order valence-corrected chi connectivity index (χ2v) is 10.4.